The van der Waals surface area contributed by atoms with Crippen molar-refractivity contribution in [3.8, 4) is 5.75 Å². The summed E-state index contributed by atoms with van der Waals surface area (Å²) in [7, 11) is 0. The van der Waals surface area contributed by atoms with Crippen molar-refractivity contribution < 1.29 is 13.9 Å². The zero-order valence-electron chi connectivity index (χ0n) is 16.0. The predicted octanol–water partition coefficient (Wildman–Crippen LogP) is 4.19. The van der Waals surface area contributed by atoms with Gasteiger partial charge in [0.25, 0.3) is 5.91 Å². The molecule has 1 N–H and O–H groups in total. The van der Waals surface area contributed by atoms with Crippen LogP contribution in [0.25, 0.3) is 0 Å². The Hall–Kier alpha value is -3.39. The molecule has 1 amide bonds. The van der Waals surface area contributed by atoms with Crippen molar-refractivity contribution in [2.24, 2.45) is 0 Å². The number of carbonyl (C=O) groups is 1. The molecule has 30 heavy (non-hydrogen) atoms. The van der Waals surface area contributed by atoms with E-state index in [4.69, 9.17) is 9.15 Å². The van der Waals surface area contributed by atoms with E-state index in [0.29, 0.717) is 18.8 Å². The number of nitrogens with zero attached hydrogens (tertiary/aromatic N) is 3. The van der Waals surface area contributed by atoms with E-state index in [-0.39, 0.29) is 18.3 Å². The molecular formula is C22H19BrN4O3. The number of rotatable bonds is 8. The Kier molecular flexibility index (Phi) is 6.24. The lowest BCUT2D eigenvalue weighted by molar-refractivity contribution is 0.0919. The minimum Gasteiger partial charge on any atom is -0.486 e. The highest BCUT2D eigenvalue weighted by Crippen LogP contribution is 2.19. The Balaban J connectivity index is 1.30. The Morgan fingerprint density at radius 2 is 1.97 bits per heavy atom. The summed E-state index contributed by atoms with van der Waals surface area (Å²) in [6, 6.07) is 18.9. The number of nitrogens with one attached hydrogen (secondary N) is 1. The first-order valence-electron chi connectivity index (χ1n) is 9.31. The van der Waals surface area contributed by atoms with Gasteiger partial charge in [-0.3, -0.25) is 4.79 Å². The third kappa shape index (κ3) is 5.36. The van der Waals surface area contributed by atoms with Gasteiger partial charge in [-0.05, 0) is 41.5 Å². The molecule has 4 aromatic rings. The SMILES string of the molecule is O=C(NCc1cccc(Cn2cncn2)c1)c1ccc(COc2cccc(Br)c2)o1. The Morgan fingerprint density at radius 1 is 1.10 bits per heavy atom. The molecule has 7 nitrogen and oxygen atoms in total. The van der Waals surface area contributed by atoms with E-state index in [1.54, 1.807) is 23.1 Å². The molecule has 8 heteroatoms. The highest BCUT2D eigenvalue weighted by Gasteiger charge is 2.11. The topological polar surface area (TPSA) is 82.2 Å². The molecule has 152 valence electrons. The third-order valence-corrected chi connectivity index (χ3v) is 4.81. The maximum atomic E-state index is 12.4. The number of furan rings is 1. The molecule has 0 spiro atoms. The lowest BCUT2D eigenvalue weighted by Gasteiger charge is -2.07. The van der Waals surface area contributed by atoms with E-state index < -0.39 is 0 Å². The van der Waals surface area contributed by atoms with Crippen LogP contribution in [0.4, 0.5) is 0 Å². The lowest BCUT2D eigenvalue weighted by atomic mass is 10.1. The average Bonchev–Trinajstić information content (AvgIpc) is 3.43. The van der Waals surface area contributed by atoms with E-state index in [1.807, 2.05) is 48.5 Å². The fraction of sp³-hybridized carbons (Fsp3) is 0.136. The second kappa shape index (κ2) is 9.41. The van der Waals surface area contributed by atoms with Crippen LogP contribution in [0.1, 0.15) is 27.4 Å². The monoisotopic (exact) mass is 466 g/mol. The number of amides is 1. The lowest BCUT2D eigenvalue weighted by Crippen LogP contribution is -2.22. The number of benzene rings is 2. The molecule has 0 atom stereocenters. The average molecular weight is 467 g/mol. The van der Waals surface area contributed by atoms with Crippen molar-refractivity contribution in [2.75, 3.05) is 0 Å². The van der Waals surface area contributed by atoms with Gasteiger partial charge in [-0.25, -0.2) is 9.67 Å². The number of hydrogen-bond donors (Lipinski definition) is 1. The van der Waals surface area contributed by atoms with Gasteiger partial charge in [0.1, 0.15) is 30.8 Å². The standard InChI is InChI=1S/C22H19BrN4O3/c23-18-5-2-6-19(10-18)29-13-20-7-8-21(30-20)22(28)25-11-16-3-1-4-17(9-16)12-27-15-24-14-26-27/h1-10,14-15H,11-13H2,(H,25,28). The molecular weight excluding hydrogens is 448 g/mol. The summed E-state index contributed by atoms with van der Waals surface area (Å²) in [6.45, 7) is 1.27. The summed E-state index contributed by atoms with van der Waals surface area (Å²) < 4.78 is 14.0. The first kappa shape index (κ1) is 19.9. The van der Waals surface area contributed by atoms with Crippen molar-refractivity contribution >= 4 is 21.8 Å². The van der Waals surface area contributed by atoms with Gasteiger partial charge in [-0.15, -0.1) is 0 Å². The van der Waals surface area contributed by atoms with Crippen LogP contribution in [0, 0.1) is 0 Å². The van der Waals surface area contributed by atoms with Crippen LogP contribution in [-0.2, 0) is 19.7 Å². The maximum Gasteiger partial charge on any atom is 0.287 e. The van der Waals surface area contributed by atoms with Crippen molar-refractivity contribution in [2.45, 2.75) is 19.7 Å². The van der Waals surface area contributed by atoms with Gasteiger partial charge in [0.05, 0.1) is 6.54 Å². The fourth-order valence-corrected chi connectivity index (χ4v) is 3.28. The molecule has 2 heterocycles. The van der Waals surface area contributed by atoms with Gasteiger partial charge >= 0.3 is 0 Å². The fourth-order valence-electron chi connectivity index (χ4n) is 2.90. The first-order chi connectivity index (χ1) is 14.7. The second-order valence-electron chi connectivity index (χ2n) is 6.61. The van der Waals surface area contributed by atoms with Gasteiger partial charge in [-0.1, -0.05) is 46.3 Å². The molecule has 2 aromatic carbocycles. The van der Waals surface area contributed by atoms with Gasteiger partial charge in [-0.2, -0.15) is 5.10 Å². The summed E-state index contributed by atoms with van der Waals surface area (Å²) in [5.41, 5.74) is 2.07. The highest BCUT2D eigenvalue weighted by molar-refractivity contribution is 9.10. The highest BCUT2D eigenvalue weighted by atomic mass is 79.9. The van der Waals surface area contributed by atoms with Gasteiger partial charge in [0.15, 0.2) is 5.76 Å². The largest absolute Gasteiger partial charge is 0.486 e. The molecule has 0 saturated heterocycles. The van der Waals surface area contributed by atoms with Crippen LogP contribution < -0.4 is 10.1 Å². The summed E-state index contributed by atoms with van der Waals surface area (Å²) in [6.07, 6.45) is 3.18. The second-order valence-corrected chi connectivity index (χ2v) is 7.52. The van der Waals surface area contributed by atoms with E-state index >= 15 is 0 Å². The van der Waals surface area contributed by atoms with Crippen LogP contribution in [0.3, 0.4) is 0 Å². The molecule has 0 unspecified atom stereocenters. The molecule has 0 radical (unpaired) electrons. The van der Waals surface area contributed by atoms with E-state index in [0.717, 1.165) is 21.3 Å². The summed E-state index contributed by atoms with van der Waals surface area (Å²) >= 11 is 3.40. The summed E-state index contributed by atoms with van der Waals surface area (Å²) in [5, 5.41) is 6.99. The van der Waals surface area contributed by atoms with E-state index in [9.17, 15) is 4.79 Å². The normalized spacial score (nSPS) is 10.7. The van der Waals surface area contributed by atoms with Crippen LogP contribution in [0.2, 0.25) is 0 Å². The number of ether oxygens (including phenoxy) is 1. The van der Waals surface area contributed by atoms with Crippen molar-refractivity contribution in [1.29, 1.82) is 0 Å². The summed E-state index contributed by atoms with van der Waals surface area (Å²) in [5.74, 6) is 1.28. The van der Waals surface area contributed by atoms with Gasteiger partial charge in [0, 0.05) is 11.0 Å². The number of carbonyl (C=O) groups excluding carboxylic acids is 1. The Morgan fingerprint density at radius 3 is 2.80 bits per heavy atom. The quantitative estimate of drug-likeness (QED) is 0.420. The molecule has 0 aliphatic heterocycles. The molecule has 2 aromatic heterocycles. The molecule has 0 saturated carbocycles. The van der Waals surface area contributed by atoms with Crippen LogP contribution in [0.15, 0.2) is 82.2 Å². The minimum atomic E-state index is -0.273. The minimum absolute atomic E-state index is 0.244. The van der Waals surface area contributed by atoms with Crippen LogP contribution in [-0.4, -0.2) is 20.7 Å². The first-order valence-corrected chi connectivity index (χ1v) is 10.1. The molecule has 4 rings (SSSR count). The number of aromatic nitrogens is 3. The van der Waals surface area contributed by atoms with Crippen molar-refractivity contribution in [3.63, 3.8) is 0 Å². The smallest absolute Gasteiger partial charge is 0.287 e. The van der Waals surface area contributed by atoms with E-state index in [2.05, 4.69) is 31.3 Å². The van der Waals surface area contributed by atoms with Crippen molar-refractivity contribution in [3.05, 3.63) is 100 Å². The summed E-state index contributed by atoms with van der Waals surface area (Å²) in [4.78, 5) is 16.4. The predicted molar refractivity (Wildman–Crippen MR) is 114 cm³/mol. The molecule has 0 bridgehead atoms. The Bertz CT molecular complexity index is 1120. The Labute approximate surface area is 181 Å². The van der Waals surface area contributed by atoms with Crippen LogP contribution >= 0.6 is 15.9 Å². The molecule has 0 aliphatic rings. The number of hydrogen-bond acceptors (Lipinski definition) is 5. The zero-order chi connectivity index (χ0) is 20.8. The van der Waals surface area contributed by atoms with Gasteiger partial charge < -0.3 is 14.5 Å². The maximum absolute atomic E-state index is 12.4. The van der Waals surface area contributed by atoms with Crippen LogP contribution in [0.5, 0.6) is 5.75 Å². The third-order valence-electron chi connectivity index (χ3n) is 4.32. The molecule has 0 aliphatic carbocycles. The molecule has 0 fully saturated rings. The number of halogens is 1. The van der Waals surface area contributed by atoms with E-state index in [1.165, 1.54) is 6.33 Å². The van der Waals surface area contributed by atoms with Gasteiger partial charge in [0.2, 0.25) is 0 Å². The van der Waals surface area contributed by atoms with Crippen molar-refractivity contribution in [1.82, 2.24) is 20.1 Å². The zero-order valence-corrected chi connectivity index (χ0v) is 17.6.